The maximum Gasteiger partial charge on any atom is 0.301 e. The van der Waals surface area contributed by atoms with Gasteiger partial charge in [0.25, 0.3) is 0 Å². The quantitative estimate of drug-likeness (QED) is 0.787. The van der Waals surface area contributed by atoms with Gasteiger partial charge in [-0.3, -0.25) is 10.1 Å². The van der Waals surface area contributed by atoms with E-state index < -0.39 is 0 Å². The molecule has 0 aliphatic carbocycles. The van der Waals surface area contributed by atoms with Crippen molar-refractivity contribution in [3.63, 3.8) is 0 Å². The molecule has 0 radical (unpaired) electrons. The Balaban J connectivity index is 1.67. The zero-order valence-electron chi connectivity index (χ0n) is 10.6. The van der Waals surface area contributed by atoms with E-state index in [4.69, 9.17) is 4.42 Å². The number of hydrogen-bond donors (Lipinski definition) is 1. The lowest BCUT2D eigenvalue weighted by Crippen LogP contribution is -2.18. The molecule has 1 aromatic carbocycles. The zero-order chi connectivity index (χ0) is 13.8. The standard InChI is InChI=1S/C14H12N4O2/c19-13(8-18-7-6-15-10-18)17-14-16-12(9-20-14)11-4-2-1-3-5-11/h1-7,9-10H,8H2,(H,16,17,19). The summed E-state index contributed by atoms with van der Waals surface area (Å²) in [5, 5.41) is 2.61. The van der Waals surface area contributed by atoms with Crippen LogP contribution in [0.1, 0.15) is 0 Å². The Kier molecular flexibility index (Phi) is 3.28. The Labute approximate surface area is 115 Å². The van der Waals surface area contributed by atoms with Gasteiger partial charge in [0, 0.05) is 18.0 Å². The molecule has 6 heteroatoms. The van der Waals surface area contributed by atoms with Gasteiger partial charge < -0.3 is 8.98 Å². The minimum atomic E-state index is -0.218. The van der Waals surface area contributed by atoms with E-state index in [2.05, 4.69) is 15.3 Å². The lowest BCUT2D eigenvalue weighted by molar-refractivity contribution is -0.116. The monoisotopic (exact) mass is 268 g/mol. The molecular formula is C14H12N4O2. The summed E-state index contributed by atoms with van der Waals surface area (Å²) in [6.45, 7) is 0.170. The van der Waals surface area contributed by atoms with E-state index in [0.717, 1.165) is 5.56 Å². The van der Waals surface area contributed by atoms with E-state index in [0.29, 0.717) is 5.69 Å². The smallest absolute Gasteiger partial charge is 0.301 e. The highest BCUT2D eigenvalue weighted by atomic mass is 16.4. The van der Waals surface area contributed by atoms with Crippen LogP contribution in [0.15, 0.2) is 59.7 Å². The summed E-state index contributed by atoms with van der Waals surface area (Å²) in [6, 6.07) is 9.80. The van der Waals surface area contributed by atoms with Crippen LogP contribution in [-0.2, 0) is 11.3 Å². The summed E-state index contributed by atoms with van der Waals surface area (Å²) >= 11 is 0. The van der Waals surface area contributed by atoms with E-state index in [1.54, 1.807) is 23.3 Å². The Morgan fingerprint density at radius 2 is 2.15 bits per heavy atom. The third-order valence-electron chi connectivity index (χ3n) is 2.71. The van der Waals surface area contributed by atoms with Gasteiger partial charge in [-0.2, -0.15) is 4.98 Å². The van der Waals surface area contributed by atoms with Gasteiger partial charge in [0.05, 0.1) is 6.33 Å². The Morgan fingerprint density at radius 3 is 2.90 bits per heavy atom. The number of anilines is 1. The van der Waals surface area contributed by atoms with Crippen molar-refractivity contribution in [1.82, 2.24) is 14.5 Å². The molecule has 2 heterocycles. The minimum absolute atomic E-state index is 0.170. The highest BCUT2D eigenvalue weighted by Gasteiger charge is 2.09. The van der Waals surface area contributed by atoms with Crippen LogP contribution in [0.4, 0.5) is 6.01 Å². The predicted molar refractivity (Wildman–Crippen MR) is 72.8 cm³/mol. The third kappa shape index (κ3) is 2.74. The molecule has 0 fully saturated rings. The molecule has 1 N–H and O–H groups in total. The van der Waals surface area contributed by atoms with Crippen molar-refractivity contribution in [2.24, 2.45) is 0 Å². The first kappa shape index (κ1) is 12.2. The SMILES string of the molecule is O=C(Cn1ccnc1)Nc1nc(-c2ccccc2)co1. The molecule has 0 spiro atoms. The van der Waals surface area contributed by atoms with Crippen molar-refractivity contribution in [3.05, 3.63) is 55.3 Å². The summed E-state index contributed by atoms with van der Waals surface area (Å²) in [7, 11) is 0. The molecule has 0 saturated heterocycles. The number of carbonyl (C=O) groups excluding carboxylic acids is 1. The first-order chi connectivity index (χ1) is 9.81. The van der Waals surface area contributed by atoms with E-state index in [1.165, 1.54) is 6.26 Å². The van der Waals surface area contributed by atoms with Gasteiger partial charge in [0.1, 0.15) is 18.5 Å². The van der Waals surface area contributed by atoms with Crippen LogP contribution in [0.2, 0.25) is 0 Å². The Hall–Kier alpha value is -2.89. The van der Waals surface area contributed by atoms with Crippen LogP contribution in [-0.4, -0.2) is 20.4 Å². The molecule has 6 nitrogen and oxygen atoms in total. The fourth-order valence-corrected chi connectivity index (χ4v) is 1.78. The number of nitrogens with zero attached hydrogens (tertiary/aromatic N) is 3. The van der Waals surface area contributed by atoms with Crippen LogP contribution in [0, 0.1) is 0 Å². The molecule has 0 aliphatic rings. The van der Waals surface area contributed by atoms with Gasteiger partial charge in [0.15, 0.2) is 0 Å². The van der Waals surface area contributed by atoms with Gasteiger partial charge >= 0.3 is 6.01 Å². The largest absolute Gasteiger partial charge is 0.431 e. The second-order valence-corrected chi connectivity index (χ2v) is 4.19. The molecule has 1 amide bonds. The van der Waals surface area contributed by atoms with Crippen molar-refractivity contribution in [1.29, 1.82) is 0 Å². The van der Waals surface area contributed by atoms with Gasteiger partial charge in [0.2, 0.25) is 5.91 Å². The molecule has 3 aromatic rings. The average Bonchev–Trinajstić information content (AvgIpc) is 3.11. The molecule has 0 atom stereocenters. The number of hydrogen-bond acceptors (Lipinski definition) is 4. The number of carbonyl (C=O) groups is 1. The second kappa shape index (κ2) is 5.40. The van der Waals surface area contributed by atoms with E-state index >= 15 is 0 Å². The lowest BCUT2D eigenvalue weighted by Gasteiger charge is -2.00. The molecular weight excluding hydrogens is 256 g/mol. The number of aromatic nitrogens is 3. The normalized spacial score (nSPS) is 10.4. The maximum absolute atomic E-state index is 11.8. The molecule has 20 heavy (non-hydrogen) atoms. The average molecular weight is 268 g/mol. The molecule has 0 aliphatic heterocycles. The van der Waals surface area contributed by atoms with Gasteiger partial charge in [-0.15, -0.1) is 0 Å². The molecule has 3 rings (SSSR count). The van der Waals surface area contributed by atoms with Crippen molar-refractivity contribution >= 4 is 11.9 Å². The molecule has 2 aromatic heterocycles. The molecule has 100 valence electrons. The number of amides is 1. The first-order valence-electron chi connectivity index (χ1n) is 6.08. The van der Waals surface area contributed by atoms with Crippen LogP contribution >= 0.6 is 0 Å². The molecule has 0 saturated carbocycles. The predicted octanol–water partition coefficient (Wildman–Crippen LogP) is 2.18. The van der Waals surface area contributed by atoms with E-state index in [-0.39, 0.29) is 18.5 Å². The topological polar surface area (TPSA) is 73.0 Å². The van der Waals surface area contributed by atoms with E-state index in [1.807, 2.05) is 30.3 Å². The van der Waals surface area contributed by atoms with Crippen LogP contribution in [0.25, 0.3) is 11.3 Å². The summed E-state index contributed by atoms with van der Waals surface area (Å²) in [6.07, 6.45) is 6.42. The fraction of sp³-hybridized carbons (Fsp3) is 0.0714. The van der Waals surface area contributed by atoms with Crippen molar-refractivity contribution < 1.29 is 9.21 Å². The van der Waals surface area contributed by atoms with Gasteiger partial charge in [-0.25, -0.2) is 4.98 Å². The molecule has 0 unspecified atom stereocenters. The van der Waals surface area contributed by atoms with Gasteiger partial charge in [-0.1, -0.05) is 30.3 Å². The fourth-order valence-electron chi connectivity index (χ4n) is 1.78. The minimum Gasteiger partial charge on any atom is -0.431 e. The van der Waals surface area contributed by atoms with E-state index in [9.17, 15) is 4.79 Å². The third-order valence-corrected chi connectivity index (χ3v) is 2.71. The lowest BCUT2D eigenvalue weighted by atomic mass is 10.2. The number of rotatable bonds is 4. The van der Waals surface area contributed by atoms with Crippen molar-refractivity contribution in [2.45, 2.75) is 6.54 Å². The summed E-state index contributed by atoms with van der Waals surface area (Å²) in [5.41, 5.74) is 1.62. The zero-order valence-corrected chi connectivity index (χ0v) is 10.6. The summed E-state index contributed by atoms with van der Waals surface area (Å²) in [5.74, 6) is -0.218. The van der Waals surface area contributed by atoms with Crippen LogP contribution in [0.5, 0.6) is 0 Å². The second-order valence-electron chi connectivity index (χ2n) is 4.19. The number of imidazole rings is 1. The van der Waals surface area contributed by atoms with Crippen LogP contribution < -0.4 is 5.32 Å². The Morgan fingerprint density at radius 1 is 1.30 bits per heavy atom. The van der Waals surface area contributed by atoms with Crippen molar-refractivity contribution in [3.8, 4) is 11.3 Å². The summed E-state index contributed by atoms with van der Waals surface area (Å²) in [4.78, 5) is 19.9. The summed E-state index contributed by atoms with van der Waals surface area (Å²) < 4.78 is 6.90. The highest BCUT2D eigenvalue weighted by Crippen LogP contribution is 2.19. The highest BCUT2D eigenvalue weighted by molar-refractivity contribution is 5.88. The van der Waals surface area contributed by atoms with Gasteiger partial charge in [-0.05, 0) is 0 Å². The maximum atomic E-state index is 11.8. The number of nitrogens with one attached hydrogen (secondary N) is 1. The Bertz CT molecular complexity index is 689. The number of oxazole rings is 1. The number of benzene rings is 1. The van der Waals surface area contributed by atoms with Crippen molar-refractivity contribution in [2.75, 3.05) is 5.32 Å². The first-order valence-corrected chi connectivity index (χ1v) is 6.08. The molecule has 0 bridgehead atoms. The van der Waals surface area contributed by atoms with Crippen LogP contribution in [0.3, 0.4) is 0 Å².